The van der Waals surface area contributed by atoms with Gasteiger partial charge in [-0.15, -0.1) is 0 Å². The molecule has 1 saturated heterocycles. The second-order valence-electron chi connectivity index (χ2n) is 8.86. The fraction of sp³-hybridized carbons (Fsp3) is 0.370. The summed E-state index contributed by atoms with van der Waals surface area (Å²) in [6.07, 6.45) is 2.76. The Morgan fingerprint density at radius 2 is 1.68 bits per heavy atom. The summed E-state index contributed by atoms with van der Waals surface area (Å²) in [5.41, 5.74) is 2.21. The topological polar surface area (TPSA) is 35.6 Å². The van der Waals surface area contributed by atoms with Crippen molar-refractivity contribution in [2.45, 2.75) is 31.3 Å². The molecule has 1 heterocycles. The standard InChI is InChI=1S/C27H33N3O/c1-29-16-14-25(15-17-29)30(2)20-26(23-9-4-3-5-10-23)28-27(31)19-21-12-13-22-8-6-7-11-24(22)18-21/h3-13,18,25-26H,14-17,19-20H2,1-2H3,(H,28,31)/t26-/m0/s1. The minimum absolute atomic E-state index is 0.0150. The predicted molar refractivity (Wildman–Crippen MR) is 128 cm³/mol. The molecule has 3 aromatic carbocycles. The van der Waals surface area contributed by atoms with E-state index in [4.69, 9.17) is 0 Å². The molecule has 4 heteroatoms. The number of hydrogen-bond donors (Lipinski definition) is 1. The van der Waals surface area contributed by atoms with E-state index < -0.39 is 0 Å². The largest absolute Gasteiger partial charge is 0.348 e. The molecule has 31 heavy (non-hydrogen) atoms. The molecule has 0 spiro atoms. The molecule has 1 N–H and O–H groups in total. The van der Waals surface area contributed by atoms with Crippen molar-refractivity contribution in [3.05, 3.63) is 83.9 Å². The SMILES string of the molecule is CN1CCC(N(C)C[C@H](NC(=O)Cc2ccc3ccccc3c2)c2ccccc2)CC1. The van der Waals surface area contributed by atoms with Crippen LogP contribution in [0.5, 0.6) is 0 Å². The van der Waals surface area contributed by atoms with E-state index in [-0.39, 0.29) is 11.9 Å². The molecule has 0 bridgehead atoms. The zero-order valence-electron chi connectivity index (χ0n) is 18.6. The predicted octanol–water partition coefficient (Wildman–Crippen LogP) is 4.27. The summed E-state index contributed by atoms with van der Waals surface area (Å²) in [7, 11) is 4.39. The van der Waals surface area contributed by atoms with Crippen molar-refractivity contribution < 1.29 is 4.79 Å². The first-order valence-corrected chi connectivity index (χ1v) is 11.3. The van der Waals surface area contributed by atoms with Crippen molar-refractivity contribution in [1.29, 1.82) is 0 Å². The molecule has 4 rings (SSSR count). The molecule has 4 nitrogen and oxygen atoms in total. The molecular weight excluding hydrogens is 382 g/mol. The molecule has 1 fully saturated rings. The Morgan fingerprint density at radius 1 is 1.00 bits per heavy atom. The third-order valence-electron chi connectivity index (χ3n) is 6.50. The first kappa shape index (κ1) is 21.5. The lowest BCUT2D eigenvalue weighted by molar-refractivity contribution is -0.121. The van der Waals surface area contributed by atoms with Crippen LogP contribution in [0.4, 0.5) is 0 Å². The number of rotatable bonds is 7. The number of likely N-dealkylation sites (tertiary alicyclic amines) is 1. The van der Waals surface area contributed by atoms with Crippen LogP contribution in [0.25, 0.3) is 10.8 Å². The number of nitrogens with zero attached hydrogens (tertiary/aromatic N) is 2. The van der Waals surface area contributed by atoms with Crippen LogP contribution >= 0.6 is 0 Å². The Bertz CT molecular complexity index is 996. The first-order valence-electron chi connectivity index (χ1n) is 11.3. The van der Waals surface area contributed by atoms with Crippen LogP contribution < -0.4 is 5.32 Å². The number of benzene rings is 3. The number of likely N-dealkylation sites (N-methyl/N-ethyl adjacent to an activating group) is 1. The second kappa shape index (κ2) is 10.1. The minimum atomic E-state index is -0.0150. The Kier molecular flexibility index (Phi) is 7.00. The minimum Gasteiger partial charge on any atom is -0.348 e. The zero-order valence-corrected chi connectivity index (χ0v) is 18.6. The molecular formula is C27H33N3O. The van der Waals surface area contributed by atoms with E-state index in [1.54, 1.807) is 0 Å². The summed E-state index contributed by atoms with van der Waals surface area (Å²) >= 11 is 0. The Balaban J connectivity index is 1.44. The monoisotopic (exact) mass is 415 g/mol. The summed E-state index contributed by atoms with van der Waals surface area (Å²) < 4.78 is 0. The van der Waals surface area contributed by atoms with Crippen LogP contribution in [0, 0.1) is 0 Å². The Hall–Kier alpha value is -2.69. The molecule has 0 saturated carbocycles. The summed E-state index contributed by atoms with van der Waals surface area (Å²) in [6.45, 7) is 3.10. The van der Waals surface area contributed by atoms with Crippen molar-refractivity contribution in [3.8, 4) is 0 Å². The maximum Gasteiger partial charge on any atom is 0.224 e. The van der Waals surface area contributed by atoms with Crippen LogP contribution in [-0.4, -0.2) is 55.5 Å². The summed E-state index contributed by atoms with van der Waals surface area (Å²) in [4.78, 5) is 17.8. The number of nitrogens with one attached hydrogen (secondary N) is 1. The lowest BCUT2D eigenvalue weighted by atomic mass is 10.0. The molecule has 0 radical (unpaired) electrons. The van der Waals surface area contributed by atoms with Crippen molar-refractivity contribution in [2.75, 3.05) is 33.7 Å². The smallest absolute Gasteiger partial charge is 0.224 e. The van der Waals surface area contributed by atoms with Gasteiger partial charge in [-0.25, -0.2) is 0 Å². The van der Waals surface area contributed by atoms with Gasteiger partial charge in [0.25, 0.3) is 0 Å². The van der Waals surface area contributed by atoms with Crippen LogP contribution in [0.3, 0.4) is 0 Å². The van der Waals surface area contributed by atoms with Gasteiger partial charge in [-0.3, -0.25) is 4.79 Å². The number of hydrogen-bond acceptors (Lipinski definition) is 3. The molecule has 0 unspecified atom stereocenters. The van der Waals surface area contributed by atoms with Gasteiger partial charge in [0, 0.05) is 12.6 Å². The van der Waals surface area contributed by atoms with Crippen LogP contribution in [0.1, 0.15) is 30.0 Å². The van der Waals surface area contributed by atoms with Gasteiger partial charge in [0.05, 0.1) is 12.5 Å². The van der Waals surface area contributed by atoms with E-state index in [9.17, 15) is 4.79 Å². The number of piperidine rings is 1. The van der Waals surface area contributed by atoms with Crippen molar-refractivity contribution >= 4 is 16.7 Å². The molecule has 0 aromatic heterocycles. The van der Waals surface area contributed by atoms with E-state index >= 15 is 0 Å². The summed E-state index contributed by atoms with van der Waals surface area (Å²) in [5, 5.41) is 5.70. The van der Waals surface area contributed by atoms with Gasteiger partial charge in [0.15, 0.2) is 0 Å². The first-order chi connectivity index (χ1) is 15.1. The van der Waals surface area contributed by atoms with Crippen LogP contribution in [-0.2, 0) is 11.2 Å². The van der Waals surface area contributed by atoms with E-state index in [1.165, 1.54) is 23.6 Å². The number of carbonyl (C=O) groups excluding carboxylic acids is 1. The molecule has 1 aliphatic rings. The van der Waals surface area contributed by atoms with Gasteiger partial charge in [-0.05, 0) is 61.9 Å². The highest BCUT2D eigenvalue weighted by atomic mass is 16.1. The lowest BCUT2D eigenvalue weighted by Gasteiger charge is -2.37. The van der Waals surface area contributed by atoms with Crippen molar-refractivity contribution in [2.24, 2.45) is 0 Å². The molecule has 162 valence electrons. The molecule has 0 aliphatic carbocycles. The fourth-order valence-electron chi connectivity index (χ4n) is 4.57. The summed E-state index contributed by atoms with van der Waals surface area (Å²) in [6, 6.07) is 25.5. The second-order valence-corrected chi connectivity index (χ2v) is 8.86. The number of amides is 1. The van der Waals surface area contributed by atoms with Gasteiger partial charge in [0.1, 0.15) is 0 Å². The quantitative estimate of drug-likeness (QED) is 0.626. The third kappa shape index (κ3) is 5.72. The van der Waals surface area contributed by atoms with Gasteiger partial charge in [-0.1, -0.05) is 72.8 Å². The third-order valence-corrected chi connectivity index (χ3v) is 6.50. The van der Waals surface area contributed by atoms with E-state index in [0.29, 0.717) is 12.5 Å². The van der Waals surface area contributed by atoms with Crippen molar-refractivity contribution in [1.82, 2.24) is 15.1 Å². The van der Waals surface area contributed by atoms with Gasteiger partial charge >= 0.3 is 0 Å². The average molecular weight is 416 g/mol. The highest BCUT2D eigenvalue weighted by molar-refractivity contribution is 5.85. The lowest BCUT2D eigenvalue weighted by Crippen LogP contribution is -2.45. The van der Waals surface area contributed by atoms with Crippen LogP contribution in [0.15, 0.2) is 72.8 Å². The highest BCUT2D eigenvalue weighted by Crippen LogP contribution is 2.20. The van der Waals surface area contributed by atoms with Gasteiger partial charge in [-0.2, -0.15) is 0 Å². The Morgan fingerprint density at radius 3 is 2.42 bits per heavy atom. The summed E-state index contributed by atoms with van der Waals surface area (Å²) in [5.74, 6) is 0.0703. The maximum atomic E-state index is 13.0. The van der Waals surface area contributed by atoms with Gasteiger partial charge in [0.2, 0.25) is 5.91 Å². The molecule has 1 aliphatic heterocycles. The Labute approximate surface area is 185 Å². The van der Waals surface area contributed by atoms with E-state index in [1.807, 2.05) is 30.3 Å². The highest BCUT2D eigenvalue weighted by Gasteiger charge is 2.24. The van der Waals surface area contributed by atoms with Gasteiger partial charge < -0.3 is 15.1 Å². The maximum absolute atomic E-state index is 13.0. The van der Waals surface area contributed by atoms with E-state index in [2.05, 4.69) is 71.7 Å². The van der Waals surface area contributed by atoms with E-state index in [0.717, 1.165) is 30.8 Å². The molecule has 3 aromatic rings. The number of fused-ring (bicyclic) bond motifs is 1. The zero-order chi connectivity index (χ0) is 21.6. The fourth-order valence-corrected chi connectivity index (χ4v) is 4.57. The number of carbonyl (C=O) groups is 1. The average Bonchev–Trinajstić information content (AvgIpc) is 2.79. The van der Waals surface area contributed by atoms with Crippen molar-refractivity contribution in [3.63, 3.8) is 0 Å². The molecule has 1 atom stereocenters. The normalized spacial score (nSPS) is 16.5. The molecule has 1 amide bonds. The van der Waals surface area contributed by atoms with Crippen LogP contribution in [0.2, 0.25) is 0 Å².